The van der Waals surface area contributed by atoms with Crippen LogP contribution in [-0.4, -0.2) is 30.3 Å². The van der Waals surface area contributed by atoms with Crippen molar-refractivity contribution in [2.24, 2.45) is 5.16 Å². The van der Waals surface area contributed by atoms with Gasteiger partial charge in [-0.15, -0.1) is 0 Å². The molecule has 0 aliphatic carbocycles. The fourth-order valence-corrected chi connectivity index (χ4v) is 3.68. The molecule has 0 saturated carbocycles. The summed E-state index contributed by atoms with van der Waals surface area (Å²) in [4.78, 5) is 27.9. The standard InChI is InChI=1S/C24H21FIN3O6/c1-2-33-22-12-17(13-27-35-14-16-4-3-5-20(10-16)29(31)32)11-21(26)24(22)34-15-23(30)28-19-8-6-18(25)7-9-19/h3-13H,2,14-15H2,1H3,(H,28,30)/b27-13-. The molecule has 0 heterocycles. The predicted octanol–water partition coefficient (Wildman–Crippen LogP) is 5.31. The molecule has 182 valence electrons. The largest absolute Gasteiger partial charge is 0.490 e. The maximum absolute atomic E-state index is 13.0. The van der Waals surface area contributed by atoms with Crippen molar-refractivity contribution in [1.29, 1.82) is 0 Å². The minimum atomic E-state index is -0.472. The topological polar surface area (TPSA) is 112 Å². The highest BCUT2D eigenvalue weighted by molar-refractivity contribution is 14.1. The van der Waals surface area contributed by atoms with Gasteiger partial charge < -0.3 is 19.6 Å². The fraction of sp³-hybridized carbons (Fsp3) is 0.167. The molecular weight excluding hydrogens is 572 g/mol. The number of benzene rings is 3. The summed E-state index contributed by atoms with van der Waals surface area (Å²) in [5.74, 6) is 0.0220. The molecule has 1 N–H and O–H groups in total. The van der Waals surface area contributed by atoms with Gasteiger partial charge in [-0.05, 0) is 71.5 Å². The van der Waals surface area contributed by atoms with E-state index in [9.17, 15) is 19.3 Å². The van der Waals surface area contributed by atoms with Crippen molar-refractivity contribution < 1.29 is 28.4 Å². The first-order valence-corrected chi connectivity index (χ1v) is 11.5. The lowest BCUT2D eigenvalue weighted by molar-refractivity contribution is -0.384. The molecule has 0 radical (unpaired) electrons. The van der Waals surface area contributed by atoms with E-state index in [0.717, 1.165) is 0 Å². The lowest BCUT2D eigenvalue weighted by Crippen LogP contribution is -2.20. The van der Waals surface area contributed by atoms with Gasteiger partial charge in [0.05, 0.1) is 21.3 Å². The Bertz CT molecular complexity index is 1220. The van der Waals surface area contributed by atoms with Crippen molar-refractivity contribution in [3.63, 3.8) is 0 Å². The molecule has 0 atom stereocenters. The van der Waals surface area contributed by atoms with Crippen LogP contribution in [0.15, 0.2) is 65.8 Å². The lowest BCUT2D eigenvalue weighted by Gasteiger charge is -2.14. The van der Waals surface area contributed by atoms with Crippen LogP contribution >= 0.6 is 22.6 Å². The zero-order chi connectivity index (χ0) is 25.2. The minimum absolute atomic E-state index is 0.0204. The molecule has 0 spiro atoms. The van der Waals surface area contributed by atoms with Gasteiger partial charge in [0.25, 0.3) is 11.6 Å². The highest BCUT2D eigenvalue weighted by Gasteiger charge is 2.14. The second kappa shape index (κ2) is 12.6. The van der Waals surface area contributed by atoms with Crippen LogP contribution in [0, 0.1) is 19.5 Å². The van der Waals surface area contributed by atoms with Crippen molar-refractivity contribution in [3.05, 3.63) is 91.3 Å². The predicted molar refractivity (Wildman–Crippen MR) is 136 cm³/mol. The van der Waals surface area contributed by atoms with Crippen molar-refractivity contribution >= 4 is 46.1 Å². The third-order valence-electron chi connectivity index (χ3n) is 4.44. The summed E-state index contributed by atoms with van der Waals surface area (Å²) in [6, 6.07) is 15.0. The number of amides is 1. The molecular formula is C24H21FIN3O6. The van der Waals surface area contributed by atoms with E-state index in [1.807, 2.05) is 6.92 Å². The van der Waals surface area contributed by atoms with Gasteiger partial charge in [0.15, 0.2) is 18.1 Å². The Kier molecular flexibility index (Phi) is 9.35. The number of hydrogen-bond donors (Lipinski definition) is 1. The van der Waals surface area contributed by atoms with Gasteiger partial charge in [-0.2, -0.15) is 0 Å². The van der Waals surface area contributed by atoms with Crippen molar-refractivity contribution in [2.45, 2.75) is 13.5 Å². The Morgan fingerprint density at radius 3 is 2.66 bits per heavy atom. The summed E-state index contributed by atoms with van der Waals surface area (Å²) in [5.41, 5.74) is 1.72. The molecule has 0 saturated heterocycles. The third-order valence-corrected chi connectivity index (χ3v) is 5.24. The second-order valence-corrected chi connectivity index (χ2v) is 8.20. The number of ether oxygens (including phenoxy) is 2. The average Bonchev–Trinajstić information content (AvgIpc) is 2.83. The number of carbonyl (C=O) groups excluding carboxylic acids is 1. The number of rotatable bonds is 11. The summed E-state index contributed by atoms with van der Waals surface area (Å²) >= 11 is 2.06. The maximum Gasteiger partial charge on any atom is 0.269 e. The number of oxime groups is 1. The second-order valence-electron chi connectivity index (χ2n) is 7.04. The lowest BCUT2D eigenvalue weighted by atomic mass is 10.2. The number of anilines is 1. The molecule has 11 heteroatoms. The quantitative estimate of drug-likeness (QED) is 0.140. The van der Waals surface area contributed by atoms with E-state index < -0.39 is 16.6 Å². The summed E-state index contributed by atoms with van der Waals surface area (Å²) < 4.78 is 25.1. The number of nitrogens with one attached hydrogen (secondary N) is 1. The Labute approximate surface area is 214 Å². The number of halogens is 2. The Balaban J connectivity index is 1.62. The van der Waals surface area contributed by atoms with E-state index in [-0.39, 0.29) is 18.9 Å². The molecule has 3 aromatic carbocycles. The molecule has 35 heavy (non-hydrogen) atoms. The van der Waals surface area contributed by atoms with Crippen LogP contribution in [0.1, 0.15) is 18.1 Å². The third kappa shape index (κ3) is 7.91. The molecule has 9 nitrogen and oxygen atoms in total. The summed E-state index contributed by atoms with van der Waals surface area (Å²) in [6.07, 6.45) is 1.48. The number of nitrogens with zero attached hydrogens (tertiary/aromatic N) is 2. The summed E-state index contributed by atoms with van der Waals surface area (Å²) in [6.45, 7) is 1.99. The van der Waals surface area contributed by atoms with Crippen LogP contribution in [0.3, 0.4) is 0 Å². The average molecular weight is 593 g/mol. The maximum atomic E-state index is 13.0. The fourth-order valence-electron chi connectivity index (χ4n) is 2.90. The van der Waals surface area contributed by atoms with Gasteiger partial charge >= 0.3 is 0 Å². The molecule has 0 fully saturated rings. The van der Waals surface area contributed by atoms with E-state index in [1.165, 1.54) is 42.6 Å². The number of nitro groups is 1. The van der Waals surface area contributed by atoms with E-state index in [1.54, 1.807) is 24.3 Å². The first kappa shape index (κ1) is 25.9. The van der Waals surface area contributed by atoms with Crippen molar-refractivity contribution in [3.8, 4) is 11.5 Å². The van der Waals surface area contributed by atoms with Crippen LogP contribution in [0.5, 0.6) is 11.5 Å². The van der Waals surface area contributed by atoms with E-state index in [4.69, 9.17) is 14.3 Å². The van der Waals surface area contributed by atoms with Crippen molar-refractivity contribution in [2.75, 3.05) is 18.5 Å². The first-order valence-electron chi connectivity index (χ1n) is 10.4. The van der Waals surface area contributed by atoms with Crippen LogP contribution in [0.25, 0.3) is 0 Å². The van der Waals surface area contributed by atoms with Gasteiger partial charge in [0.2, 0.25) is 0 Å². The van der Waals surface area contributed by atoms with Gasteiger partial charge in [-0.25, -0.2) is 4.39 Å². The van der Waals surface area contributed by atoms with Crippen LogP contribution in [0.2, 0.25) is 0 Å². The number of nitro benzene ring substituents is 1. The SMILES string of the molecule is CCOc1cc(/C=N\OCc2cccc([N+](=O)[O-])c2)cc(I)c1OCC(=O)Nc1ccc(F)cc1. The Morgan fingerprint density at radius 1 is 1.17 bits per heavy atom. The molecule has 0 aliphatic rings. The highest BCUT2D eigenvalue weighted by Crippen LogP contribution is 2.34. The zero-order valence-corrected chi connectivity index (χ0v) is 20.7. The Morgan fingerprint density at radius 2 is 1.94 bits per heavy atom. The molecule has 0 aromatic heterocycles. The molecule has 3 rings (SSSR count). The Hall–Kier alpha value is -3.74. The minimum Gasteiger partial charge on any atom is -0.490 e. The number of non-ortho nitro benzene ring substituents is 1. The van der Waals surface area contributed by atoms with E-state index >= 15 is 0 Å². The first-order chi connectivity index (χ1) is 16.9. The van der Waals surface area contributed by atoms with Gasteiger partial charge in [0.1, 0.15) is 12.4 Å². The van der Waals surface area contributed by atoms with Crippen LogP contribution in [-0.2, 0) is 16.2 Å². The van der Waals surface area contributed by atoms with Gasteiger partial charge in [0, 0.05) is 23.4 Å². The number of carbonyl (C=O) groups is 1. The monoisotopic (exact) mass is 593 g/mol. The van der Waals surface area contributed by atoms with Crippen molar-refractivity contribution in [1.82, 2.24) is 0 Å². The van der Waals surface area contributed by atoms with E-state index in [0.29, 0.717) is 38.5 Å². The smallest absolute Gasteiger partial charge is 0.269 e. The van der Waals surface area contributed by atoms with E-state index in [2.05, 4.69) is 33.1 Å². The van der Waals surface area contributed by atoms with Crippen LogP contribution in [0.4, 0.5) is 15.8 Å². The number of hydrogen-bond acceptors (Lipinski definition) is 7. The summed E-state index contributed by atoms with van der Waals surface area (Å²) in [5, 5.41) is 17.4. The molecule has 0 unspecified atom stereocenters. The van der Waals surface area contributed by atoms with Gasteiger partial charge in [-0.3, -0.25) is 14.9 Å². The summed E-state index contributed by atoms with van der Waals surface area (Å²) in [7, 11) is 0. The molecule has 1 amide bonds. The molecule has 0 aliphatic heterocycles. The molecule has 0 bridgehead atoms. The highest BCUT2D eigenvalue weighted by atomic mass is 127. The normalized spacial score (nSPS) is 10.7. The van der Waals surface area contributed by atoms with Gasteiger partial charge in [-0.1, -0.05) is 17.3 Å². The van der Waals surface area contributed by atoms with Crippen LogP contribution < -0.4 is 14.8 Å². The zero-order valence-electron chi connectivity index (χ0n) is 18.6. The molecule has 3 aromatic rings.